The fourth-order valence-corrected chi connectivity index (χ4v) is 2.33. The summed E-state index contributed by atoms with van der Waals surface area (Å²) in [6.07, 6.45) is -0.0281. The molecule has 0 aliphatic carbocycles. The van der Waals surface area contributed by atoms with Gasteiger partial charge in [0.2, 0.25) is 17.7 Å². The Bertz CT molecular complexity index is 729. The summed E-state index contributed by atoms with van der Waals surface area (Å²) in [5.74, 6) is -3.50. The molecule has 3 unspecified atom stereocenters. The molecule has 0 aliphatic heterocycles. The predicted molar refractivity (Wildman–Crippen MR) is 105 cm³/mol. The summed E-state index contributed by atoms with van der Waals surface area (Å²) >= 11 is 3.88. The van der Waals surface area contributed by atoms with Gasteiger partial charge in [0.1, 0.15) is 17.8 Å². The molecule has 3 atom stereocenters. The fraction of sp³-hybridized carbons (Fsp3) is 0.412. The normalized spacial score (nSPS) is 13.6. The number of phenolic OH excluding ortho intramolecular Hbond substituents is 1. The van der Waals surface area contributed by atoms with Crippen molar-refractivity contribution < 1.29 is 34.5 Å². The number of phenols is 1. The van der Waals surface area contributed by atoms with Gasteiger partial charge in [-0.2, -0.15) is 12.6 Å². The summed E-state index contributed by atoms with van der Waals surface area (Å²) in [6.45, 7) is -1.29. The van der Waals surface area contributed by atoms with E-state index in [0.717, 1.165) is 0 Å². The molecule has 0 saturated carbocycles. The molecule has 0 aromatic heterocycles. The van der Waals surface area contributed by atoms with Gasteiger partial charge >= 0.3 is 5.97 Å². The van der Waals surface area contributed by atoms with Gasteiger partial charge in [-0.3, -0.25) is 14.4 Å². The van der Waals surface area contributed by atoms with Crippen LogP contribution in [0.4, 0.5) is 0 Å². The van der Waals surface area contributed by atoms with Crippen LogP contribution in [0.2, 0.25) is 0 Å². The van der Waals surface area contributed by atoms with Gasteiger partial charge in [-0.1, -0.05) is 12.1 Å². The minimum atomic E-state index is -1.55. The van der Waals surface area contributed by atoms with Gasteiger partial charge in [-0.25, -0.2) is 4.79 Å². The molecular weight excluding hydrogens is 404 g/mol. The summed E-state index contributed by atoms with van der Waals surface area (Å²) in [5.41, 5.74) is 6.05. The number of carboxylic acid groups (broad SMARTS) is 1. The Morgan fingerprint density at radius 1 is 1.03 bits per heavy atom. The van der Waals surface area contributed by atoms with Crippen molar-refractivity contribution in [2.45, 2.75) is 24.5 Å². The minimum absolute atomic E-state index is 0.00764. The maximum atomic E-state index is 12.4. The number of benzene rings is 1. The van der Waals surface area contributed by atoms with E-state index in [2.05, 4.69) is 28.6 Å². The Kier molecular flexibility index (Phi) is 9.92. The monoisotopic (exact) mass is 428 g/mol. The van der Waals surface area contributed by atoms with Crippen LogP contribution >= 0.6 is 12.6 Å². The number of hydrogen-bond acceptors (Lipinski definition) is 8. The molecular formula is C17H24N4O7S. The number of nitrogens with one attached hydrogen (secondary N) is 3. The van der Waals surface area contributed by atoms with Gasteiger partial charge in [0.15, 0.2) is 0 Å². The van der Waals surface area contributed by atoms with E-state index in [1.54, 1.807) is 0 Å². The highest BCUT2D eigenvalue weighted by atomic mass is 32.1. The molecule has 0 radical (unpaired) electrons. The molecule has 3 amide bonds. The highest BCUT2D eigenvalue weighted by Crippen LogP contribution is 2.11. The number of aliphatic carboxylic acids is 1. The topological polar surface area (TPSA) is 191 Å². The van der Waals surface area contributed by atoms with E-state index < -0.39 is 55.0 Å². The molecule has 0 fully saturated rings. The Balaban J connectivity index is 2.84. The van der Waals surface area contributed by atoms with Crippen LogP contribution in [0.25, 0.3) is 0 Å². The molecule has 0 bridgehead atoms. The first-order chi connectivity index (χ1) is 13.7. The average molecular weight is 428 g/mol. The van der Waals surface area contributed by atoms with E-state index in [-0.39, 0.29) is 17.9 Å². The lowest BCUT2D eigenvalue weighted by atomic mass is 10.0. The van der Waals surface area contributed by atoms with Crippen LogP contribution in [0.15, 0.2) is 24.3 Å². The highest BCUT2D eigenvalue weighted by Gasteiger charge is 2.26. The van der Waals surface area contributed by atoms with Crippen LogP contribution in [0, 0.1) is 0 Å². The first kappa shape index (κ1) is 24.2. The maximum absolute atomic E-state index is 12.4. The van der Waals surface area contributed by atoms with E-state index >= 15 is 0 Å². The highest BCUT2D eigenvalue weighted by molar-refractivity contribution is 7.80. The molecule has 0 saturated heterocycles. The third kappa shape index (κ3) is 8.37. The maximum Gasteiger partial charge on any atom is 0.328 e. The zero-order valence-electron chi connectivity index (χ0n) is 15.4. The Morgan fingerprint density at radius 2 is 1.66 bits per heavy atom. The number of hydrogen-bond donors (Lipinski definition) is 8. The summed E-state index contributed by atoms with van der Waals surface area (Å²) in [4.78, 5) is 47.2. The van der Waals surface area contributed by atoms with Crippen LogP contribution in [0.5, 0.6) is 5.75 Å². The smallest absolute Gasteiger partial charge is 0.328 e. The van der Waals surface area contributed by atoms with Crippen LogP contribution in [-0.4, -0.2) is 76.0 Å². The number of carboxylic acids is 1. The molecule has 1 rings (SSSR count). The lowest BCUT2D eigenvalue weighted by molar-refractivity contribution is -0.143. The van der Waals surface area contributed by atoms with Crippen molar-refractivity contribution in [3.8, 4) is 5.75 Å². The SMILES string of the molecule is NC(CS)C(=O)NCC(=O)NC(Cc1ccc(O)cc1)C(=O)NC(CO)C(=O)O. The third-order valence-electron chi connectivity index (χ3n) is 3.78. The molecule has 8 N–H and O–H groups in total. The molecule has 1 aromatic carbocycles. The lowest BCUT2D eigenvalue weighted by Gasteiger charge is -2.21. The number of aromatic hydroxyl groups is 1. The second-order valence-electron chi connectivity index (χ2n) is 6.08. The van der Waals surface area contributed by atoms with Crippen molar-refractivity contribution in [3.63, 3.8) is 0 Å². The Morgan fingerprint density at radius 3 is 2.17 bits per heavy atom. The summed E-state index contributed by atoms with van der Waals surface area (Å²) in [7, 11) is 0. The largest absolute Gasteiger partial charge is 0.508 e. The van der Waals surface area contributed by atoms with E-state index in [4.69, 9.17) is 15.9 Å². The van der Waals surface area contributed by atoms with Gasteiger partial charge in [-0.05, 0) is 17.7 Å². The fourth-order valence-electron chi connectivity index (χ4n) is 2.16. The zero-order chi connectivity index (χ0) is 22.0. The Hall–Kier alpha value is -2.83. The summed E-state index contributed by atoms with van der Waals surface area (Å²) in [6, 6.07) is 2.18. The number of thiol groups is 1. The van der Waals surface area contributed by atoms with Crippen LogP contribution in [0.1, 0.15) is 5.56 Å². The summed E-state index contributed by atoms with van der Waals surface area (Å²) < 4.78 is 0. The number of carbonyl (C=O) groups excluding carboxylic acids is 3. The predicted octanol–water partition coefficient (Wildman–Crippen LogP) is -2.65. The second-order valence-corrected chi connectivity index (χ2v) is 6.44. The lowest BCUT2D eigenvalue weighted by Crippen LogP contribution is -2.55. The zero-order valence-corrected chi connectivity index (χ0v) is 16.3. The van der Waals surface area contributed by atoms with Crippen LogP contribution in [0.3, 0.4) is 0 Å². The van der Waals surface area contributed by atoms with Crippen molar-refractivity contribution in [1.82, 2.24) is 16.0 Å². The third-order valence-corrected chi connectivity index (χ3v) is 4.18. The Labute approximate surface area is 172 Å². The van der Waals surface area contributed by atoms with E-state index in [1.807, 2.05) is 0 Å². The summed E-state index contributed by atoms with van der Waals surface area (Å²) in [5, 5.41) is 34.2. The van der Waals surface area contributed by atoms with Crippen molar-refractivity contribution in [2.24, 2.45) is 5.73 Å². The van der Waals surface area contributed by atoms with Gasteiger partial charge in [0.25, 0.3) is 0 Å². The van der Waals surface area contributed by atoms with Crippen LogP contribution < -0.4 is 21.7 Å². The number of aliphatic hydroxyl groups is 1. The van der Waals surface area contributed by atoms with Gasteiger partial charge in [-0.15, -0.1) is 0 Å². The minimum Gasteiger partial charge on any atom is -0.508 e. The van der Waals surface area contributed by atoms with Gasteiger partial charge < -0.3 is 37.0 Å². The molecule has 29 heavy (non-hydrogen) atoms. The average Bonchev–Trinajstić information content (AvgIpc) is 2.70. The quantitative estimate of drug-likeness (QED) is 0.175. The number of amides is 3. The number of aliphatic hydroxyl groups excluding tert-OH is 1. The van der Waals surface area contributed by atoms with Crippen molar-refractivity contribution in [3.05, 3.63) is 29.8 Å². The number of nitrogens with two attached hydrogens (primary N) is 1. The molecule has 11 nitrogen and oxygen atoms in total. The van der Waals surface area contributed by atoms with Crippen LogP contribution in [-0.2, 0) is 25.6 Å². The molecule has 0 heterocycles. The van der Waals surface area contributed by atoms with Crippen molar-refractivity contribution >= 4 is 36.3 Å². The molecule has 12 heteroatoms. The van der Waals surface area contributed by atoms with Crippen molar-refractivity contribution in [1.29, 1.82) is 0 Å². The molecule has 1 aromatic rings. The van der Waals surface area contributed by atoms with Gasteiger partial charge in [0.05, 0.1) is 19.2 Å². The van der Waals surface area contributed by atoms with E-state index in [1.165, 1.54) is 24.3 Å². The first-order valence-corrected chi connectivity index (χ1v) is 9.16. The second kappa shape index (κ2) is 11.9. The first-order valence-electron chi connectivity index (χ1n) is 8.53. The molecule has 0 spiro atoms. The molecule has 0 aliphatic rings. The molecule has 160 valence electrons. The number of carbonyl (C=O) groups is 4. The standard InChI is InChI=1S/C17H24N4O7S/c18-11(8-29)15(25)19-6-14(24)20-12(5-9-1-3-10(23)4-2-9)16(26)21-13(7-22)17(27)28/h1-4,11-13,22-23,29H,5-8,18H2,(H,19,25)(H,20,24)(H,21,26)(H,27,28). The number of rotatable bonds is 11. The van der Waals surface area contributed by atoms with E-state index in [9.17, 15) is 24.3 Å². The van der Waals surface area contributed by atoms with Crippen molar-refractivity contribution in [2.75, 3.05) is 18.9 Å². The van der Waals surface area contributed by atoms with Gasteiger partial charge in [0, 0.05) is 12.2 Å². The van der Waals surface area contributed by atoms with E-state index in [0.29, 0.717) is 5.56 Å².